The maximum atomic E-state index is 13.1. The first kappa shape index (κ1) is 17.1. The van der Waals surface area contributed by atoms with Gasteiger partial charge in [-0.15, -0.1) is 0 Å². The summed E-state index contributed by atoms with van der Waals surface area (Å²) in [5, 5.41) is 4.17. The summed E-state index contributed by atoms with van der Waals surface area (Å²) in [6.45, 7) is 3.27. The molecule has 4 nitrogen and oxygen atoms in total. The Morgan fingerprint density at radius 2 is 2.12 bits per heavy atom. The van der Waals surface area contributed by atoms with Crippen LogP contribution in [-0.4, -0.2) is 47.8 Å². The summed E-state index contributed by atoms with van der Waals surface area (Å²) in [4.78, 5) is 29.8. The van der Waals surface area contributed by atoms with Gasteiger partial charge in [0.2, 0.25) is 11.8 Å². The molecule has 1 spiro atoms. The van der Waals surface area contributed by atoms with Crippen molar-refractivity contribution in [2.24, 2.45) is 11.3 Å². The number of rotatable bonds is 5. The normalized spacial score (nSPS) is 27.1. The molecule has 3 fully saturated rings. The predicted octanol–water partition coefficient (Wildman–Crippen LogP) is 3.32. The zero-order valence-corrected chi connectivity index (χ0v) is 15.7. The molecule has 0 bridgehead atoms. The van der Waals surface area contributed by atoms with Gasteiger partial charge in [0.25, 0.3) is 0 Å². The molecule has 1 atom stereocenters. The van der Waals surface area contributed by atoms with Crippen LogP contribution in [0.5, 0.6) is 0 Å². The van der Waals surface area contributed by atoms with Crippen molar-refractivity contribution in [3.8, 4) is 0 Å². The lowest BCUT2D eigenvalue weighted by molar-refractivity contribution is -0.147. The van der Waals surface area contributed by atoms with Gasteiger partial charge in [-0.1, -0.05) is 6.42 Å². The van der Waals surface area contributed by atoms with Crippen molar-refractivity contribution >= 4 is 23.2 Å². The zero-order chi connectivity index (χ0) is 17.3. The van der Waals surface area contributed by atoms with Gasteiger partial charge in [-0.25, -0.2) is 0 Å². The molecule has 1 aromatic heterocycles. The molecule has 0 aromatic carbocycles. The van der Waals surface area contributed by atoms with Gasteiger partial charge in [-0.3, -0.25) is 9.59 Å². The highest BCUT2D eigenvalue weighted by atomic mass is 32.1. The van der Waals surface area contributed by atoms with Crippen molar-refractivity contribution in [2.75, 3.05) is 26.2 Å². The van der Waals surface area contributed by atoms with Crippen molar-refractivity contribution in [3.63, 3.8) is 0 Å². The van der Waals surface area contributed by atoms with Crippen molar-refractivity contribution in [2.45, 2.75) is 51.4 Å². The molecule has 136 valence electrons. The van der Waals surface area contributed by atoms with Gasteiger partial charge in [0.15, 0.2) is 0 Å². The van der Waals surface area contributed by atoms with E-state index in [9.17, 15) is 9.59 Å². The molecular weight excluding hydrogens is 332 g/mol. The number of hydrogen-bond acceptors (Lipinski definition) is 3. The van der Waals surface area contributed by atoms with E-state index in [1.54, 1.807) is 11.3 Å². The summed E-state index contributed by atoms with van der Waals surface area (Å²) in [6, 6.07) is 2.09. The number of aryl methyl sites for hydroxylation is 1. The summed E-state index contributed by atoms with van der Waals surface area (Å²) in [7, 11) is 0. The first-order chi connectivity index (χ1) is 12.2. The molecule has 2 saturated heterocycles. The van der Waals surface area contributed by atoms with Gasteiger partial charge < -0.3 is 9.80 Å². The van der Waals surface area contributed by atoms with Gasteiger partial charge in [-0.05, 0) is 66.8 Å². The minimum absolute atomic E-state index is 0.215. The van der Waals surface area contributed by atoms with Crippen LogP contribution in [0.2, 0.25) is 0 Å². The highest BCUT2D eigenvalue weighted by molar-refractivity contribution is 7.07. The molecule has 4 rings (SSSR count). The number of hydrogen-bond donors (Lipinski definition) is 0. The fourth-order valence-electron chi connectivity index (χ4n) is 4.62. The molecule has 2 amide bonds. The van der Waals surface area contributed by atoms with Crippen LogP contribution in [0.15, 0.2) is 16.8 Å². The fraction of sp³-hybridized carbons (Fsp3) is 0.700. The van der Waals surface area contributed by atoms with E-state index >= 15 is 0 Å². The smallest absolute Gasteiger partial charge is 0.230 e. The number of nitrogens with zero attached hydrogens (tertiary/aromatic N) is 2. The van der Waals surface area contributed by atoms with Crippen LogP contribution in [0.25, 0.3) is 0 Å². The van der Waals surface area contributed by atoms with Crippen LogP contribution >= 0.6 is 11.3 Å². The number of thiophene rings is 1. The number of carbonyl (C=O) groups excluding carboxylic acids is 2. The maximum absolute atomic E-state index is 13.1. The van der Waals surface area contributed by atoms with Crippen molar-refractivity contribution in [1.82, 2.24) is 9.80 Å². The molecule has 0 N–H and O–H groups in total. The van der Waals surface area contributed by atoms with E-state index in [1.165, 1.54) is 24.8 Å². The highest BCUT2D eigenvalue weighted by Gasteiger charge is 2.49. The van der Waals surface area contributed by atoms with E-state index < -0.39 is 0 Å². The van der Waals surface area contributed by atoms with E-state index in [1.807, 2.05) is 4.90 Å². The lowest BCUT2D eigenvalue weighted by atomic mass is 9.77. The molecule has 0 radical (unpaired) electrons. The molecule has 3 aliphatic rings. The second kappa shape index (κ2) is 7.10. The van der Waals surface area contributed by atoms with Gasteiger partial charge >= 0.3 is 0 Å². The Hall–Kier alpha value is -1.36. The average Bonchev–Trinajstić information content (AvgIpc) is 3.23. The van der Waals surface area contributed by atoms with Crippen molar-refractivity contribution in [3.05, 3.63) is 22.4 Å². The topological polar surface area (TPSA) is 40.6 Å². The molecule has 0 unspecified atom stereocenters. The Bertz CT molecular complexity index is 626. The maximum Gasteiger partial charge on any atom is 0.230 e. The molecule has 3 heterocycles. The fourth-order valence-corrected chi connectivity index (χ4v) is 5.32. The molecular formula is C20H28N2O2S. The standard InChI is InChI=1S/C20H28N2O2S/c23-18(6-5-17-7-12-25-14-17)22-11-9-20(15-22)8-2-10-21(19(20)24)13-16-3-1-4-16/h7,12,14,16H,1-6,8-11,13,15H2/t20-/m0/s1. The predicted molar refractivity (Wildman–Crippen MR) is 99.4 cm³/mol. The first-order valence-electron chi connectivity index (χ1n) is 9.74. The van der Waals surface area contributed by atoms with Crippen molar-refractivity contribution < 1.29 is 9.59 Å². The molecule has 1 aromatic rings. The summed E-state index contributed by atoms with van der Waals surface area (Å²) < 4.78 is 0. The van der Waals surface area contributed by atoms with Crippen LogP contribution in [-0.2, 0) is 16.0 Å². The SMILES string of the molecule is O=C(CCc1ccsc1)N1CC[C@@]2(CCCN(CC3CCC3)C2=O)C1. The zero-order valence-electron chi connectivity index (χ0n) is 14.9. The van der Waals surface area contributed by atoms with Crippen LogP contribution < -0.4 is 0 Å². The van der Waals surface area contributed by atoms with Gasteiger partial charge in [0.05, 0.1) is 5.41 Å². The minimum atomic E-state index is -0.278. The van der Waals surface area contributed by atoms with Crippen LogP contribution in [0.4, 0.5) is 0 Å². The average molecular weight is 361 g/mol. The third-order valence-electron chi connectivity index (χ3n) is 6.44. The minimum Gasteiger partial charge on any atom is -0.342 e. The Morgan fingerprint density at radius 1 is 1.24 bits per heavy atom. The molecule has 2 aliphatic heterocycles. The second-order valence-corrected chi connectivity index (χ2v) is 8.91. The van der Waals surface area contributed by atoms with E-state index in [0.717, 1.165) is 51.2 Å². The van der Waals surface area contributed by atoms with Crippen LogP contribution in [0.3, 0.4) is 0 Å². The van der Waals surface area contributed by atoms with E-state index in [0.29, 0.717) is 18.9 Å². The van der Waals surface area contributed by atoms with Gasteiger partial charge in [0, 0.05) is 32.6 Å². The third-order valence-corrected chi connectivity index (χ3v) is 7.17. The number of carbonyl (C=O) groups is 2. The number of amides is 2. The molecule has 5 heteroatoms. The Balaban J connectivity index is 1.34. The summed E-state index contributed by atoms with van der Waals surface area (Å²) in [5.74, 6) is 1.27. The molecule has 1 saturated carbocycles. The summed E-state index contributed by atoms with van der Waals surface area (Å²) in [6.07, 6.45) is 8.17. The Kier molecular flexibility index (Phi) is 4.85. The monoisotopic (exact) mass is 360 g/mol. The number of likely N-dealkylation sites (tertiary alicyclic amines) is 2. The van der Waals surface area contributed by atoms with Crippen LogP contribution in [0.1, 0.15) is 50.5 Å². The Morgan fingerprint density at radius 3 is 2.84 bits per heavy atom. The van der Waals surface area contributed by atoms with Crippen LogP contribution in [0, 0.1) is 11.3 Å². The first-order valence-corrected chi connectivity index (χ1v) is 10.7. The number of piperidine rings is 1. The molecule has 1 aliphatic carbocycles. The van der Waals surface area contributed by atoms with Crippen molar-refractivity contribution in [1.29, 1.82) is 0 Å². The third kappa shape index (κ3) is 3.48. The van der Waals surface area contributed by atoms with Gasteiger partial charge in [-0.2, -0.15) is 11.3 Å². The lowest BCUT2D eigenvalue weighted by Crippen LogP contribution is -2.52. The summed E-state index contributed by atoms with van der Waals surface area (Å²) in [5.41, 5.74) is 0.965. The van der Waals surface area contributed by atoms with E-state index in [2.05, 4.69) is 21.7 Å². The van der Waals surface area contributed by atoms with Gasteiger partial charge in [0.1, 0.15) is 0 Å². The largest absolute Gasteiger partial charge is 0.342 e. The van der Waals surface area contributed by atoms with E-state index in [-0.39, 0.29) is 11.3 Å². The second-order valence-electron chi connectivity index (χ2n) is 8.13. The molecule has 25 heavy (non-hydrogen) atoms. The Labute approximate surface area is 154 Å². The highest BCUT2D eigenvalue weighted by Crippen LogP contribution is 2.41. The quantitative estimate of drug-likeness (QED) is 0.808. The summed E-state index contributed by atoms with van der Waals surface area (Å²) >= 11 is 1.68. The lowest BCUT2D eigenvalue weighted by Gasteiger charge is -2.42. The van der Waals surface area contributed by atoms with E-state index in [4.69, 9.17) is 0 Å².